The molecular weight excluding hydrogens is 156 g/mol. The molecule has 0 radical (unpaired) electrons. The SMILES string of the molecule is C1CNCCNC1.CC(=O)NN. The summed E-state index contributed by atoms with van der Waals surface area (Å²) in [6.45, 7) is 6.00. The summed E-state index contributed by atoms with van der Waals surface area (Å²) in [5.74, 6) is 4.35. The van der Waals surface area contributed by atoms with Crippen LogP contribution < -0.4 is 21.9 Å². The summed E-state index contributed by atoms with van der Waals surface area (Å²) in [5.41, 5.74) is 1.89. The highest BCUT2D eigenvalue weighted by atomic mass is 16.2. The minimum absolute atomic E-state index is 0.218. The second kappa shape index (κ2) is 8.45. The number of hydrogen-bond acceptors (Lipinski definition) is 4. The van der Waals surface area contributed by atoms with Crippen LogP contribution in [0, 0.1) is 0 Å². The lowest BCUT2D eigenvalue weighted by molar-refractivity contribution is -0.119. The molecule has 1 rings (SSSR count). The van der Waals surface area contributed by atoms with Crippen LogP contribution in [-0.4, -0.2) is 32.1 Å². The highest BCUT2D eigenvalue weighted by Gasteiger charge is 1.92. The van der Waals surface area contributed by atoms with Crippen LogP contribution in [0.25, 0.3) is 0 Å². The standard InChI is InChI=1S/C5H12N2.C2H6N2O/c1-2-6-4-5-7-3-1;1-2(5)4-3/h6-7H,1-5H2;3H2,1H3,(H,4,5). The van der Waals surface area contributed by atoms with Crippen LogP contribution >= 0.6 is 0 Å². The Balaban J connectivity index is 0.000000217. The van der Waals surface area contributed by atoms with Crippen molar-refractivity contribution in [1.82, 2.24) is 16.1 Å². The summed E-state index contributed by atoms with van der Waals surface area (Å²) in [6, 6.07) is 0. The van der Waals surface area contributed by atoms with Gasteiger partial charge in [0.25, 0.3) is 0 Å². The van der Waals surface area contributed by atoms with Gasteiger partial charge in [-0.1, -0.05) is 0 Å². The van der Waals surface area contributed by atoms with E-state index in [9.17, 15) is 4.79 Å². The Labute approximate surface area is 73.1 Å². The molecule has 0 atom stereocenters. The average molecular weight is 174 g/mol. The minimum Gasteiger partial charge on any atom is -0.315 e. The molecule has 0 bridgehead atoms. The van der Waals surface area contributed by atoms with E-state index < -0.39 is 0 Å². The maximum Gasteiger partial charge on any atom is 0.230 e. The summed E-state index contributed by atoms with van der Waals surface area (Å²) in [5, 5.41) is 6.57. The van der Waals surface area contributed by atoms with E-state index in [1.807, 2.05) is 5.43 Å². The lowest BCUT2D eigenvalue weighted by atomic mass is 10.4. The first-order valence-corrected chi connectivity index (χ1v) is 4.16. The van der Waals surface area contributed by atoms with Gasteiger partial charge in [-0.25, -0.2) is 5.84 Å². The Morgan fingerprint density at radius 2 is 1.67 bits per heavy atom. The molecule has 1 saturated heterocycles. The summed E-state index contributed by atoms with van der Waals surface area (Å²) in [4.78, 5) is 9.58. The first-order valence-electron chi connectivity index (χ1n) is 4.16. The summed E-state index contributed by atoms with van der Waals surface area (Å²) in [7, 11) is 0. The van der Waals surface area contributed by atoms with Crippen LogP contribution in [0.2, 0.25) is 0 Å². The molecule has 12 heavy (non-hydrogen) atoms. The van der Waals surface area contributed by atoms with Gasteiger partial charge in [-0.3, -0.25) is 10.2 Å². The molecule has 0 spiro atoms. The quantitative estimate of drug-likeness (QED) is 0.206. The molecule has 0 saturated carbocycles. The number of carbonyl (C=O) groups excluding carboxylic acids is 1. The van der Waals surface area contributed by atoms with Crippen molar-refractivity contribution in [2.24, 2.45) is 5.84 Å². The van der Waals surface area contributed by atoms with Gasteiger partial charge in [0.2, 0.25) is 5.91 Å². The van der Waals surface area contributed by atoms with Gasteiger partial charge >= 0.3 is 0 Å². The van der Waals surface area contributed by atoms with Crippen molar-refractivity contribution in [3.63, 3.8) is 0 Å². The van der Waals surface area contributed by atoms with Crippen LogP contribution in [0.1, 0.15) is 13.3 Å². The highest BCUT2D eigenvalue weighted by Crippen LogP contribution is 1.75. The van der Waals surface area contributed by atoms with E-state index in [4.69, 9.17) is 0 Å². The van der Waals surface area contributed by atoms with Gasteiger partial charge in [-0.15, -0.1) is 0 Å². The number of hydrazine groups is 1. The first-order chi connectivity index (χ1) is 5.77. The van der Waals surface area contributed by atoms with Gasteiger partial charge in [0, 0.05) is 20.0 Å². The van der Waals surface area contributed by atoms with Crippen molar-refractivity contribution >= 4 is 5.91 Å². The Hall–Kier alpha value is -0.650. The number of hydrogen-bond donors (Lipinski definition) is 4. The molecule has 1 aliphatic rings. The lowest BCUT2D eigenvalue weighted by Crippen LogP contribution is -2.26. The summed E-state index contributed by atoms with van der Waals surface area (Å²) < 4.78 is 0. The van der Waals surface area contributed by atoms with E-state index in [0.717, 1.165) is 13.1 Å². The zero-order valence-electron chi connectivity index (χ0n) is 7.52. The molecule has 1 aliphatic heterocycles. The van der Waals surface area contributed by atoms with Gasteiger partial charge in [0.05, 0.1) is 0 Å². The molecule has 0 aromatic carbocycles. The van der Waals surface area contributed by atoms with Gasteiger partial charge in [-0.2, -0.15) is 0 Å². The smallest absolute Gasteiger partial charge is 0.230 e. The van der Waals surface area contributed by atoms with Crippen molar-refractivity contribution in [3.05, 3.63) is 0 Å². The van der Waals surface area contributed by atoms with Crippen LogP contribution in [0.15, 0.2) is 0 Å². The fourth-order valence-corrected chi connectivity index (χ4v) is 0.765. The molecule has 5 N–H and O–H groups in total. The van der Waals surface area contributed by atoms with Crippen molar-refractivity contribution in [1.29, 1.82) is 0 Å². The maximum absolute atomic E-state index is 9.58. The molecule has 72 valence electrons. The van der Waals surface area contributed by atoms with E-state index >= 15 is 0 Å². The molecule has 1 amide bonds. The normalized spacial score (nSPS) is 16.8. The Kier molecular flexibility index (Phi) is 7.99. The molecular formula is C7H18N4O. The Morgan fingerprint density at radius 3 is 2.00 bits per heavy atom. The van der Waals surface area contributed by atoms with E-state index in [-0.39, 0.29) is 5.91 Å². The second-order valence-electron chi connectivity index (χ2n) is 2.55. The predicted molar refractivity (Wildman–Crippen MR) is 48.4 cm³/mol. The zero-order valence-corrected chi connectivity index (χ0v) is 7.52. The third-order valence-electron chi connectivity index (χ3n) is 1.39. The van der Waals surface area contributed by atoms with Gasteiger partial charge < -0.3 is 10.6 Å². The fourth-order valence-electron chi connectivity index (χ4n) is 0.765. The average Bonchev–Trinajstić information content (AvgIpc) is 2.35. The topological polar surface area (TPSA) is 79.2 Å². The third kappa shape index (κ3) is 9.35. The number of carbonyl (C=O) groups is 1. The lowest BCUT2D eigenvalue weighted by Gasteiger charge is -1.92. The third-order valence-corrected chi connectivity index (χ3v) is 1.39. The fraction of sp³-hybridized carbons (Fsp3) is 0.857. The molecule has 5 nitrogen and oxygen atoms in total. The van der Waals surface area contributed by atoms with Crippen molar-refractivity contribution in [2.75, 3.05) is 26.2 Å². The van der Waals surface area contributed by atoms with Crippen LogP contribution in [-0.2, 0) is 4.79 Å². The van der Waals surface area contributed by atoms with Crippen molar-refractivity contribution in [3.8, 4) is 0 Å². The van der Waals surface area contributed by atoms with E-state index in [1.165, 1.54) is 26.4 Å². The molecule has 1 fully saturated rings. The predicted octanol–water partition coefficient (Wildman–Crippen LogP) is -1.43. The molecule has 0 unspecified atom stereocenters. The van der Waals surface area contributed by atoms with Gasteiger partial charge in [0.1, 0.15) is 0 Å². The van der Waals surface area contributed by atoms with Crippen LogP contribution in [0.4, 0.5) is 0 Å². The van der Waals surface area contributed by atoms with E-state index in [1.54, 1.807) is 0 Å². The summed E-state index contributed by atoms with van der Waals surface area (Å²) in [6.07, 6.45) is 1.28. The zero-order chi connectivity index (χ0) is 9.23. The maximum atomic E-state index is 9.58. The number of nitrogens with one attached hydrogen (secondary N) is 3. The largest absolute Gasteiger partial charge is 0.315 e. The van der Waals surface area contributed by atoms with Gasteiger partial charge in [0.15, 0.2) is 0 Å². The number of nitrogens with two attached hydrogens (primary N) is 1. The monoisotopic (exact) mass is 174 g/mol. The molecule has 5 heteroatoms. The number of rotatable bonds is 0. The highest BCUT2D eigenvalue weighted by molar-refractivity contribution is 5.71. The van der Waals surface area contributed by atoms with E-state index in [0.29, 0.717) is 0 Å². The minimum atomic E-state index is -0.218. The Morgan fingerprint density at radius 1 is 1.25 bits per heavy atom. The van der Waals surface area contributed by atoms with Crippen molar-refractivity contribution < 1.29 is 4.79 Å². The Bertz CT molecular complexity index is 98.3. The van der Waals surface area contributed by atoms with E-state index in [2.05, 4.69) is 16.5 Å². The van der Waals surface area contributed by atoms with Crippen LogP contribution in [0.5, 0.6) is 0 Å². The van der Waals surface area contributed by atoms with Gasteiger partial charge in [-0.05, 0) is 19.5 Å². The second-order valence-corrected chi connectivity index (χ2v) is 2.55. The number of amides is 1. The molecule has 0 aromatic rings. The van der Waals surface area contributed by atoms with Crippen LogP contribution in [0.3, 0.4) is 0 Å². The first kappa shape index (κ1) is 11.4. The molecule has 1 heterocycles. The molecule has 0 aromatic heterocycles. The molecule has 0 aliphatic carbocycles. The summed E-state index contributed by atoms with van der Waals surface area (Å²) >= 11 is 0. The van der Waals surface area contributed by atoms with Crippen molar-refractivity contribution in [2.45, 2.75) is 13.3 Å².